The molecule has 1 aromatic carbocycles. The maximum atomic E-state index is 12.0. The molecule has 0 fully saturated rings. The second-order valence-corrected chi connectivity index (χ2v) is 6.93. The Morgan fingerprint density at radius 2 is 1.89 bits per heavy atom. The first-order chi connectivity index (χ1) is 8.43. The molecule has 0 radical (unpaired) electrons. The summed E-state index contributed by atoms with van der Waals surface area (Å²) in [7, 11) is 0.608. The van der Waals surface area contributed by atoms with Crippen LogP contribution in [0.15, 0.2) is 33.6 Å². The first-order valence-electron chi connectivity index (χ1n) is 5.82. The van der Waals surface area contributed by atoms with Gasteiger partial charge < -0.3 is 4.90 Å². The molecule has 0 atom stereocenters. The lowest BCUT2D eigenvalue weighted by molar-refractivity contribution is 0.394. The van der Waals surface area contributed by atoms with Crippen molar-refractivity contribution in [1.82, 2.24) is 9.62 Å². The second kappa shape index (κ2) is 7.23. The summed E-state index contributed by atoms with van der Waals surface area (Å²) in [4.78, 5) is 2.38. The molecular formula is C12H19BrN2O2S. The standard InChI is InChI=1S/C12H19BrN2O2S/c1-15(2)10-6-5-9-14-18(16,17)12-8-4-3-7-11(12)13/h3-4,7-8,14H,5-6,9-10H2,1-2H3. The van der Waals surface area contributed by atoms with Gasteiger partial charge in [0.15, 0.2) is 0 Å². The largest absolute Gasteiger partial charge is 0.309 e. The monoisotopic (exact) mass is 334 g/mol. The predicted molar refractivity (Wildman–Crippen MR) is 77.1 cm³/mol. The molecule has 0 aliphatic heterocycles. The lowest BCUT2D eigenvalue weighted by Gasteiger charge is -2.10. The fourth-order valence-electron chi connectivity index (χ4n) is 1.50. The van der Waals surface area contributed by atoms with Crippen LogP contribution in [0.1, 0.15) is 12.8 Å². The molecule has 18 heavy (non-hydrogen) atoms. The third-order valence-corrected chi connectivity index (χ3v) is 4.92. The highest BCUT2D eigenvalue weighted by atomic mass is 79.9. The Hall–Kier alpha value is -0.430. The average Bonchev–Trinajstić information content (AvgIpc) is 2.28. The van der Waals surface area contributed by atoms with Gasteiger partial charge in [0.2, 0.25) is 10.0 Å². The highest BCUT2D eigenvalue weighted by Crippen LogP contribution is 2.20. The lowest BCUT2D eigenvalue weighted by Crippen LogP contribution is -2.25. The van der Waals surface area contributed by atoms with Crippen LogP contribution in [0, 0.1) is 0 Å². The van der Waals surface area contributed by atoms with E-state index in [4.69, 9.17) is 0 Å². The summed E-state index contributed by atoms with van der Waals surface area (Å²) in [5, 5.41) is 0. The summed E-state index contributed by atoms with van der Waals surface area (Å²) < 4.78 is 27.2. The number of halogens is 1. The highest BCUT2D eigenvalue weighted by molar-refractivity contribution is 9.10. The molecule has 0 bridgehead atoms. The van der Waals surface area contributed by atoms with Gasteiger partial charge in [-0.1, -0.05) is 12.1 Å². The molecule has 4 nitrogen and oxygen atoms in total. The minimum atomic E-state index is -3.40. The highest BCUT2D eigenvalue weighted by Gasteiger charge is 2.15. The molecule has 102 valence electrons. The zero-order chi connectivity index (χ0) is 13.6. The number of hydrogen-bond donors (Lipinski definition) is 1. The first kappa shape index (κ1) is 15.6. The van der Waals surface area contributed by atoms with Gasteiger partial charge in [0.25, 0.3) is 0 Å². The SMILES string of the molecule is CN(C)CCCCNS(=O)(=O)c1ccccc1Br. The number of benzene rings is 1. The number of nitrogens with one attached hydrogen (secondary N) is 1. The quantitative estimate of drug-likeness (QED) is 0.776. The van der Waals surface area contributed by atoms with Crippen LogP contribution in [0.5, 0.6) is 0 Å². The first-order valence-corrected chi connectivity index (χ1v) is 8.10. The fourth-order valence-corrected chi connectivity index (χ4v) is 3.58. The van der Waals surface area contributed by atoms with E-state index in [9.17, 15) is 8.42 Å². The van der Waals surface area contributed by atoms with Crippen molar-refractivity contribution in [2.75, 3.05) is 27.2 Å². The molecule has 0 heterocycles. The molecule has 0 spiro atoms. The van der Waals surface area contributed by atoms with Crippen LogP contribution in [-0.4, -0.2) is 40.5 Å². The zero-order valence-corrected chi connectivity index (χ0v) is 13.1. The Morgan fingerprint density at radius 3 is 2.50 bits per heavy atom. The van der Waals surface area contributed by atoms with Crippen molar-refractivity contribution in [1.29, 1.82) is 0 Å². The van der Waals surface area contributed by atoms with Crippen LogP contribution in [0.2, 0.25) is 0 Å². The van der Waals surface area contributed by atoms with Crippen LogP contribution < -0.4 is 4.72 Å². The van der Waals surface area contributed by atoms with E-state index in [1.54, 1.807) is 24.3 Å². The summed E-state index contributed by atoms with van der Waals surface area (Å²) in [5.41, 5.74) is 0. The molecular weight excluding hydrogens is 316 g/mol. The molecule has 1 aromatic rings. The maximum absolute atomic E-state index is 12.0. The van der Waals surface area contributed by atoms with Crippen LogP contribution in [0.3, 0.4) is 0 Å². The van der Waals surface area contributed by atoms with Gasteiger partial charge in [0.1, 0.15) is 0 Å². The van der Waals surface area contributed by atoms with Gasteiger partial charge in [0.05, 0.1) is 4.90 Å². The van der Waals surface area contributed by atoms with Gasteiger partial charge in [-0.3, -0.25) is 0 Å². The van der Waals surface area contributed by atoms with E-state index in [-0.39, 0.29) is 4.90 Å². The van der Waals surface area contributed by atoms with Crippen molar-refractivity contribution in [2.24, 2.45) is 0 Å². The van der Waals surface area contributed by atoms with Crippen LogP contribution in [0.4, 0.5) is 0 Å². The van der Waals surface area contributed by atoms with Gasteiger partial charge >= 0.3 is 0 Å². The van der Waals surface area contributed by atoms with Crippen molar-refractivity contribution in [3.8, 4) is 0 Å². The second-order valence-electron chi connectivity index (χ2n) is 4.34. The van der Waals surface area contributed by atoms with Crippen molar-refractivity contribution in [3.05, 3.63) is 28.7 Å². The van der Waals surface area contributed by atoms with E-state index in [1.165, 1.54) is 0 Å². The molecule has 1 N–H and O–H groups in total. The summed E-state index contributed by atoms with van der Waals surface area (Å²) in [5.74, 6) is 0. The topological polar surface area (TPSA) is 49.4 Å². The summed E-state index contributed by atoms with van der Waals surface area (Å²) in [6.07, 6.45) is 1.81. The maximum Gasteiger partial charge on any atom is 0.241 e. The van der Waals surface area contributed by atoms with E-state index < -0.39 is 10.0 Å². The molecule has 0 amide bonds. The summed E-state index contributed by atoms with van der Waals surface area (Å²) in [6, 6.07) is 6.82. The van der Waals surface area contributed by atoms with Gasteiger partial charge in [-0.2, -0.15) is 0 Å². The molecule has 6 heteroatoms. The van der Waals surface area contributed by atoms with Crippen LogP contribution >= 0.6 is 15.9 Å². The third-order valence-electron chi connectivity index (χ3n) is 2.45. The molecule has 0 aliphatic carbocycles. The molecule has 0 unspecified atom stereocenters. The smallest absolute Gasteiger partial charge is 0.241 e. The van der Waals surface area contributed by atoms with E-state index in [0.29, 0.717) is 11.0 Å². The van der Waals surface area contributed by atoms with Crippen LogP contribution in [-0.2, 0) is 10.0 Å². The van der Waals surface area contributed by atoms with Crippen LogP contribution in [0.25, 0.3) is 0 Å². The molecule has 1 rings (SSSR count). The number of hydrogen-bond acceptors (Lipinski definition) is 3. The van der Waals surface area contributed by atoms with E-state index in [0.717, 1.165) is 19.4 Å². The van der Waals surface area contributed by atoms with Crippen molar-refractivity contribution in [2.45, 2.75) is 17.7 Å². The summed E-state index contributed by atoms with van der Waals surface area (Å²) in [6.45, 7) is 1.44. The molecule has 0 aromatic heterocycles. The number of unbranched alkanes of at least 4 members (excludes halogenated alkanes) is 1. The van der Waals surface area contributed by atoms with Crippen molar-refractivity contribution in [3.63, 3.8) is 0 Å². The van der Waals surface area contributed by atoms with E-state index in [2.05, 4.69) is 25.6 Å². The molecule has 0 aliphatic rings. The Balaban J connectivity index is 2.49. The Labute approximate surface area is 118 Å². The Bertz CT molecular complexity index is 475. The fraction of sp³-hybridized carbons (Fsp3) is 0.500. The number of nitrogens with zero attached hydrogens (tertiary/aromatic N) is 1. The predicted octanol–water partition coefficient (Wildman–Crippen LogP) is 2.07. The number of rotatable bonds is 7. The van der Waals surface area contributed by atoms with E-state index in [1.807, 2.05) is 14.1 Å². The number of sulfonamides is 1. The van der Waals surface area contributed by atoms with Gasteiger partial charge in [-0.15, -0.1) is 0 Å². The zero-order valence-electron chi connectivity index (χ0n) is 10.7. The van der Waals surface area contributed by atoms with Crippen molar-refractivity contribution >= 4 is 26.0 Å². The molecule has 0 saturated heterocycles. The van der Waals surface area contributed by atoms with Gasteiger partial charge in [-0.25, -0.2) is 13.1 Å². The van der Waals surface area contributed by atoms with Gasteiger partial charge in [0, 0.05) is 11.0 Å². The van der Waals surface area contributed by atoms with Gasteiger partial charge in [-0.05, 0) is 61.5 Å². The average molecular weight is 335 g/mol. The minimum absolute atomic E-state index is 0.289. The minimum Gasteiger partial charge on any atom is -0.309 e. The Kier molecular flexibility index (Phi) is 6.28. The van der Waals surface area contributed by atoms with Crippen molar-refractivity contribution < 1.29 is 8.42 Å². The lowest BCUT2D eigenvalue weighted by atomic mass is 10.3. The normalized spacial score (nSPS) is 12.0. The third kappa shape index (κ3) is 5.06. The Morgan fingerprint density at radius 1 is 1.22 bits per heavy atom. The molecule has 0 saturated carbocycles. The van der Waals surface area contributed by atoms with E-state index >= 15 is 0 Å². The summed E-state index contributed by atoms with van der Waals surface area (Å²) >= 11 is 3.25.